The Morgan fingerprint density at radius 2 is 2.31 bits per heavy atom. The number of fused-ring (bicyclic) bond motifs is 1. The molecule has 3 heteroatoms. The van der Waals surface area contributed by atoms with Crippen LogP contribution >= 0.6 is 15.9 Å². The Balaban J connectivity index is 2.83. The zero-order valence-electron chi connectivity index (χ0n) is 6.88. The molecule has 0 spiro atoms. The van der Waals surface area contributed by atoms with Gasteiger partial charge in [-0.2, -0.15) is 0 Å². The van der Waals surface area contributed by atoms with Crippen LogP contribution in [0.15, 0.2) is 24.4 Å². The zero-order chi connectivity index (χ0) is 9.26. The smallest absolute Gasteiger partial charge is 0.152 e. The number of carbonyl (C=O) groups excluding carboxylic acids is 1. The number of alkyl halides is 1. The van der Waals surface area contributed by atoms with E-state index in [0.29, 0.717) is 0 Å². The van der Waals surface area contributed by atoms with Crippen molar-refractivity contribution in [2.45, 2.75) is 5.33 Å². The normalized spacial score (nSPS) is 10.5. The maximum atomic E-state index is 10.7. The van der Waals surface area contributed by atoms with Gasteiger partial charge >= 0.3 is 0 Å². The Morgan fingerprint density at radius 1 is 1.46 bits per heavy atom. The van der Waals surface area contributed by atoms with Crippen molar-refractivity contribution in [2.24, 2.45) is 0 Å². The topological polar surface area (TPSA) is 32.9 Å². The first kappa shape index (κ1) is 8.51. The summed E-state index contributed by atoms with van der Waals surface area (Å²) in [6.07, 6.45) is 2.62. The second kappa shape index (κ2) is 3.34. The van der Waals surface area contributed by atoms with Crippen LogP contribution in [0.5, 0.6) is 0 Å². The van der Waals surface area contributed by atoms with Crippen LogP contribution in [-0.2, 0) is 5.33 Å². The zero-order valence-corrected chi connectivity index (χ0v) is 8.47. The summed E-state index contributed by atoms with van der Waals surface area (Å²) in [7, 11) is 0. The number of nitrogens with one attached hydrogen (secondary N) is 1. The summed E-state index contributed by atoms with van der Waals surface area (Å²) >= 11 is 3.40. The lowest BCUT2D eigenvalue weighted by molar-refractivity contribution is 0.112. The second-order valence-electron chi connectivity index (χ2n) is 2.84. The van der Waals surface area contributed by atoms with E-state index >= 15 is 0 Å². The van der Waals surface area contributed by atoms with Crippen LogP contribution in [0.4, 0.5) is 0 Å². The van der Waals surface area contributed by atoms with Crippen LogP contribution < -0.4 is 0 Å². The molecule has 2 nitrogen and oxygen atoms in total. The SMILES string of the molecule is O=Cc1c[nH]c2cccc(CBr)c12. The Bertz CT molecular complexity index is 447. The fourth-order valence-corrected chi connectivity index (χ4v) is 1.96. The van der Waals surface area contributed by atoms with E-state index in [0.717, 1.165) is 33.6 Å². The average molecular weight is 238 g/mol. The molecule has 1 aromatic carbocycles. The van der Waals surface area contributed by atoms with E-state index in [1.807, 2.05) is 18.2 Å². The molecule has 66 valence electrons. The molecule has 0 aliphatic carbocycles. The second-order valence-corrected chi connectivity index (χ2v) is 3.40. The summed E-state index contributed by atoms with van der Waals surface area (Å²) in [5, 5.41) is 1.79. The average Bonchev–Trinajstić information content (AvgIpc) is 2.60. The van der Waals surface area contributed by atoms with E-state index in [4.69, 9.17) is 0 Å². The molecule has 1 heterocycles. The number of hydrogen-bond acceptors (Lipinski definition) is 1. The van der Waals surface area contributed by atoms with E-state index in [-0.39, 0.29) is 0 Å². The van der Waals surface area contributed by atoms with Gasteiger partial charge in [-0.05, 0) is 11.6 Å². The number of carbonyl (C=O) groups is 1. The lowest BCUT2D eigenvalue weighted by Gasteiger charge is -1.98. The third kappa shape index (κ3) is 1.29. The van der Waals surface area contributed by atoms with E-state index in [9.17, 15) is 4.79 Å². The number of halogens is 1. The Hall–Kier alpha value is -1.09. The van der Waals surface area contributed by atoms with Crippen molar-refractivity contribution < 1.29 is 4.79 Å². The van der Waals surface area contributed by atoms with E-state index in [1.165, 1.54) is 0 Å². The summed E-state index contributed by atoms with van der Waals surface area (Å²) in [5.74, 6) is 0. The monoisotopic (exact) mass is 237 g/mol. The first-order valence-electron chi connectivity index (χ1n) is 3.97. The molecule has 0 unspecified atom stereocenters. The number of hydrogen-bond donors (Lipinski definition) is 1. The van der Waals surface area contributed by atoms with Crippen molar-refractivity contribution >= 4 is 33.1 Å². The Morgan fingerprint density at radius 3 is 3.00 bits per heavy atom. The first-order valence-corrected chi connectivity index (χ1v) is 5.09. The molecule has 0 atom stereocenters. The van der Waals surface area contributed by atoms with Crippen molar-refractivity contribution in [3.05, 3.63) is 35.5 Å². The highest BCUT2D eigenvalue weighted by Crippen LogP contribution is 2.22. The minimum atomic E-state index is 0.727. The Kier molecular flexibility index (Phi) is 2.19. The highest BCUT2D eigenvalue weighted by Gasteiger charge is 2.05. The van der Waals surface area contributed by atoms with Crippen molar-refractivity contribution in [3.63, 3.8) is 0 Å². The highest BCUT2D eigenvalue weighted by molar-refractivity contribution is 9.08. The lowest BCUT2D eigenvalue weighted by atomic mass is 10.1. The van der Waals surface area contributed by atoms with Crippen LogP contribution in [0, 0.1) is 0 Å². The third-order valence-corrected chi connectivity index (χ3v) is 2.70. The molecule has 0 amide bonds. The van der Waals surface area contributed by atoms with Crippen molar-refractivity contribution in [3.8, 4) is 0 Å². The van der Waals surface area contributed by atoms with Gasteiger partial charge in [0.2, 0.25) is 0 Å². The van der Waals surface area contributed by atoms with Gasteiger partial charge in [-0.3, -0.25) is 4.79 Å². The number of H-pyrrole nitrogens is 1. The van der Waals surface area contributed by atoms with Gasteiger partial charge in [0.15, 0.2) is 6.29 Å². The van der Waals surface area contributed by atoms with E-state index in [2.05, 4.69) is 20.9 Å². The van der Waals surface area contributed by atoms with Gasteiger partial charge in [0.25, 0.3) is 0 Å². The van der Waals surface area contributed by atoms with Gasteiger partial charge in [0.05, 0.1) is 0 Å². The molecule has 0 radical (unpaired) electrons. The lowest BCUT2D eigenvalue weighted by Crippen LogP contribution is -1.82. The predicted octanol–water partition coefficient (Wildman–Crippen LogP) is 2.88. The van der Waals surface area contributed by atoms with Crippen LogP contribution in [0.2, 0.25) is 0 Å². The molecule has 0 saturated heterocycles. The summed E-state index contributed by atoms with van der Waals surface area (Å²) in [6, 6.07) is 5.95. The highest BCUT2D eigenvalue weighted by atomic mass is 79.9. The molecule has 2 aromatic rings. The van der Waals surface area contributed by atoms with Crippen LogP contribution in [-0.4, -0.2) is 11.3 Å². The molecule has 0 saturated carbocycles. The summed E-state index contributed by atoms with van der Waals surface area (Å²) in [4.78, 5) is 13.8. The van der Waals surface area contributed by atoms with Gasteiger partial charge in [-0.1, -0.05) is 28.1 Å². The first-order chi connectivity index (χ1) is 6.36. The van der Waals surface area contributed by atoms with Crippen molar-refractivity contribution in [1.82, 2.24) is 4.98 Å². The molecule has 0 bridgehead atoms. The summed E-state index contributed by atoms with van der Waals surface area (Å²) in [5.41, 5.74) is 2.88. The van der Waals surface area contributed by atoms with Crippen molar-refractivity contribution in [2.75, 3.05) is 0 Å². The van der Waals surface area contributed by atoms with Crippen LogP contribution in [0.25, 0.3) is 10.9 Å². The molecule has 0 aliphatic heterocycles. The third-order valence-electron chi connectivity index (χ3n) is 2.09. The quantitative estimate of drug-likeness (QED) is 0.633. The predicted molar refractivity (Wildman–Crippen MR) is 56.3 cm³/mol. The van der Waals surface area contributed by atoms with Gasteiger partial charge in [-0.25, -0.2) is 0 Å². The molecular weight excluding hydrogens is 230 g/mol. The fourth-order valence-electron chi connectivity index (χ4n) is 1.49. The molecule has 0 fully saturated rings. The van der Waals surface area contributed by atoms with Crippen LogP contribution in [0.1, 0.15) is 15.9 Å². The largest absolute Gasteiger partial charge is 0.360 e. The van der Waals surface area contributed by atoms with Gasteiger partial charge in [-0.15, -0.1) is 0 Å². The number of aromatic amines is 1. The van der Waals surface area contributed by atoms with E-state index in [1.54, 1.807) is 6.20 Å². The maximum Gasteiger partial charge on any atom is 0.152 e. The molecule has 1 aromatic heterocycles. The minimum Gasteiger partial charge on any atom is -0.360 e. The maximum absolute atomic E-state index is 10.7. The summed E-state index contributed by atoms with van der Waals surface area (Å²) in [6.45, 7) is 0. The molecule has 0 aliphatic rings. The van der Waals surface area contributed by atoms with Gasteiger partial charge in [0, 0.05) is 28.0 Å². The number of aldehydes is 1. The molecule has 1 N–H and O–H groups in total. The van der Waals surface area contributed by atoms with Gasteiger partial charge in [0.1, 0.15) is 0 Å². The van der Waals surface area contributed by atoms with Gasteiger partial charge < -0.3 is 4.98 Å². The minimum absolute atomic E-state index is 0.727. The van der Waals surface area contributed by atoms with E-state index < -0.39 is 0 Å². The fraction of sp³-hybridized carbons (Fsp3) is 0.100. The Labute approximate surface area is 84.1 Å². The molecular formula is C10H8BrNO. The summed E-state index contributed by atoms with van der Waals surface area (Å²) < 4.78 is 0. The number of rotatable bonds is 2. The number of benzene rings is 1. The van der Waals surface area contributed by atoms with Crippen LogP contribution in [0.3, 0.4) is 0 Å². The standard InChI is InChI=1S/C10H8BrNO/c11-4-7-2-1-3-9-10(7)8(6-13)5-12-9/h1-3,5-6,12H,4H2. The van der Waals surface area contributed by atoms with Crippen molar-refractivity contribution in [1.29, 1.82) is 0 Å². The number of aromatic nitrogens is 1. The molecule has 2 rings (SSSR count). The molecule has 13 heavy (non-hydrogen) atoms.